The van der Waals surface area contributed by atoms with Gasteiger partial charge in [-0.15, -0.1) is 12.3 Å². The van der Waals surface area contributed by atoms with Gasteiger partial charge in [-0.3, -0.25) is 9.80 Å². The van der Waals surface area contributed by atoms with Crippen LogP contribution in [0, 0.1) is 0 Å². The lowest BCUT2D eigenvalue weighted by Gasteiger charge is -2.37. The molecule has 0 amide bonds. The van der Waals surface area contributed by atoms with Gasteiger partial charge in [0, 0.05) is 0 Å². The first-order chi connectivity index (χ1) is 7.33. The Morgan fingerprint density at radius 1 is 1.00 bits per heavy atom. The number of nitrogens with zero attached hydrogens (tertiary/aromatic N) is 2. The fraction of sp³-hybridized carbons (Fsp3) is 0.833. The van der Waals surface area contributed by atoms with Crippen LogP contribution in [0.5, 0.6) is 0 Å². The molecule has 0 aliphatic carbocycles. The highest BCUT2D eigenvalue weighted by Crippen LogP contribution is 2.21. The fourth-order valence-electron chi connectivity index (χ4n) is 3.03. The maximum Gasteiger partial charge on any atom is 0.0948 e. The Morgan fingerprint density at radius 2 is 1.40 bits per heavy atom. The lowest BCUT2D eigenvalue weighted by Crippen LogP contribution is -2.53. The van der Waals surface area contributed by atoms with Crippen LogP contribution in [-0.4, -0.2) is 50.6 Å². The summed E-state index contributed by atoms with van der Waals surface area (Å²) in [5.74, 6) is 0.771. The normalized spacial score (nSPS) is 26.3. The molecule has 0 spiro atoms. The van der Waals surface area contributed by atoms with E-state index in [9.17, 15) is 0 Å². The van der Waals surface area contributed by atoms with E-state index in [4.69, 9.17) is 0 Å². The van der Waals surface area contributed by atoms with Gasteiger partial charge in [-0.1, -0.05) is 6.55 Å². The number of hydrogen-bond acceptors (Lipinski definition) is 2. The average Bonchev–Trinajstić information content (AvgIpc) is 2.90. The number of hydrogen-bond donors (Lipinski definition) is 0. The topological polar surface area (TPSA) is 6.48 Å². The molecule has 86 valence electrons. The van der Waals surface area contributed by atoms with Crippen LogP contribution in [0.25, 0.3) is 0 Å². The Hall–Kier alpha value is -0.123. The average molecular weight is 224 g/mol. The Morgan fingerprint density at radius 3 is 1.73 bits per heavy atom. The molecule has 0 aromatic carbocycles. The summed E-state index contributed by atoms with van der Waals surface area (Å²) in [6.45, 7) is 11.8. The summed E-state index contributed by atoms with van der Waals surface area (Å²) in [6, 6.07) is 0. The second kappa shape index (κ2) is 5.28. The molecule has 2 rings (SSSR count). The van der Waals surface area contributed by atoms with Crippen LogP contribution in [0.3, 0.4) is 0 Å². The van der Waals surface area contributed by atoms with Gasteiger partial charge in [0.1, 0.15) is 0 Å². The Bertz CT molecular complexity index is 192. The molecule has 1 unspecified atom stereocenters. The highest BCUT2D eigenvalue weighted by atomic mass is 28.3. The summed E-state index contributed by atoms with van der Waals surface area (Å²) in [5, 5.41) is 0. The van der Waals surface area contributed by atoms with Crippen molar-refractivity contribution in [2.45, 2.75) is 38.0 Å². The maximum atomic E-state index is 4.03. The summed E-state index contributed by atoms with van der Waals surface area (Å²) < 4.78 is 0. The highest BCUT2D eigenvalue weighted by Gasteiger charge is 2.32. The molecule has 2 heterocycles. The largest absolute Gasteiger partial charge is 0.291 e. The van der Waals surface area contributed by atoms with Gasteiger partial charge in [-0.25, -0.2) is 0 Å². The van der Waals surface area contributed by atoms with Crippen LogP contribution in [0.2, 0.25) is 6.55 Å². The van der Waals surface area contributed by atoms with Gasteiger partial charge in [-0.2, -0.15) is 0 Å². The van der Waals surface area contributed by atoms with E-state index in [1.54, 1.807) is 0 Å². The second-order valence-electron chi connectivity index (χ2n) is 4.99. The van der Waals surface area contributed by atoms with Crippen LogP contribution >= 0.6 is 0 Å². The smallest absolute Gasteiger partial charge is 0.0948 e. The van der Waals surface area contributed by atoms with E-state index in [0.29, 0.717) is 0 Å². The quantitative estimate of drug-likeness (QED) is 0.670. The van der Waals surface area contributed by atoms with Crippen LogP contribution in [0.4, 0.5) is 0 Å². The molecule has 0 aromatic heterocycles. The van der Waals surface area contributed by atoms with E-state index in [0.717, 1.165) is 5.79 Å². The lowest BCUT2D eigenvalue weighted by molar-refractivity contribution is 0.140. The minimum absolute atomic E-state index is 0.771. The van der Waals surface area contributed by atoms with Crippen molar-refractivity contribution in [1.82, 2.24) is 9.80 Å². The predicted molar refractivity (Wildman–Crippen MR) is 68.6 cm³/mol. The van der Waals surface area contributed by atoms with Crippen molar-refractivity contribution in [2.75, 3.05) is 26.2 Å². The van der Waals surface area contributed by atoms with E-state index < -0.39 is 8.80 Å². The third-order valence-corrected chi connectivity index (χ3v) is 6.40. The van der Waals surface area contributed by atoms with Crippen LogP contribution in [0.15, 0.2) is 12.3 Å². The molecule has 0 bridgehead atoms. The van der Waals surface area contributed by atoms with Gasteiger partial charge < -0.3 is 0 Å². The van der Waals surface area contributed by atoms with Crippen molar-refractivity contribution in [3.8, 4) is 0 Å². The monoisotopic (exact) mass is 224 g/mol. The fourth-order valence-corrected chi connectivity index (χ4v) is 5.20. The molecular weight excluding hydrogens is 200 g/mol. The Kier molecular flexibility index (Phi) is 4.00. The molecule has 3 heteroatoms. The Balaban J connectivity index is 2.03. The molecular formula is C12H24N2Si. The Labute approximate surface area is 95.5 Å². The third kappa shape index (κ3) is 2.52. The SMILES string of the molecule is C=C[SiH](C)C(N1CCCC1)N1CCCC1. The van der Waals surface area contributed by atoms with Gasteiger partial charge in [0.15, 0.2) is 0 Å². The van der Waals surface area contributed by atoms with Gasteiger partial charge in [0.25, 0.3) is 0 Å². The van der Waals surface area contributed by atoms with Crippen molar-refractivity contribution in [3.63, 3.8) is 0 Å². The molecule has 2 saturated heterocycles. The zero-order chi connectivity index (χ0) is 10.7. The van der Waals surface area contributed by atoms with Crippen molar-refractivity contribution in [3.05, 3.63) is 12.3 Å². The zero-order valence-corrected chi connectivity index (χ0v) is 11.1. The summed E-state index contributed by atoms with van der Waals surface area (Å²) in [4.78, 5) is 5.45. The van der Waals surface area contributed by atoms with Gasteiger partial charge in [0.2, 0.25) is 0 Å². The van der Waals surface area contributed by atoms with E-state index in [-0.39, 0.29) is 0 Å². The zero-order valence-electron chi connectivity index (χ0n) is 9.99. The summed E-state index contributed by atoms with van der Waals surface area (Å²) in [6.07, 6.45) is 5.62. The van der Waals surface area contributed by atoms with Crippen LogP contribution in [0.1, 0.15) is 25.7 Å². The summed E-state index contributed by atoms with van der Waals surface area (Å²) in [5.41, 5.74) is 2.27. The number of likely N-dealkylation sites (tertiary alicyclic amines) is 2. The van der Waals surface area contributed by atoms with E-state index in [2.05, 4.69) is 28.6 Å². The molecule has 15 heavy (non-hydrogen) atoms. The first-order valence-corrected chi connectivity index (χ1v) is 8.92. The van der Waals surface area contributed by atoms with Crippen molar-refractivity contribution in [1.29, 1.82) is 0 Å². The third-order valence-electron chi connectivity index (χ3n) is 3.87. The molecule has 2 aliphatic rings. The van der Waals surface area contributed by atoms with Crippen LogP contribution < -0.4 is 0 Å². The van der Waals surface area contributed by atoms with Gasteiger partial charge in [-0.05, 0) is 51.9 Å². The van der Waals surface area contributed by atoms with Crippen molar-refractivity contribution < 1.29 is 0 Å². The van der Waals surface area contributed by atoms with E-state index in [1.165, 1.54) is 51.9 Å². The molecule has 2 fully saturated rings. The molecule has 0 N–H and O–H groups in total. The second-order valence-corrected chi connectivity index (χ2v) is 7.78. The molecule has 0 saturated carbocycles. The minimum atomic E-state index is -0.787. The van der Waals surface area contributed by atoms with E-state index >= 15 is 0 Å². The standard InChI is InChI=1S/C12H24N2Si/c1-3-15(2)12(13-8-4-5-9-13)14-10-6-7-11-14/h3,12,15H,1,4-11H2,2H3. The maximum absolute atomic E-state index is 4.03. The van der Waals surface area contributed by atoms with Gasteiger partial charge >= 0.3 is 0 Å². The molecule has 1 atom stereocenters. The van der Waals surface area contributed by atoms with Crippen molar-refractivity contribution in [2.24, 2.45) is 0 Å². The predicted octanol–water partition coefficient (Wildman–Crippen LogP) is 1.63. The highest BCUT2D eigenvalue weighted by molar-refractivity contribution is 6.64. The molecule has 0 aromatic rings. The molecule has 0 radical (unpaired) electrons. The molecule has 2 nitrogen and oxygen atoms in total. The van der Waals surface area contributed by atoms with E-state index in [1.807, 2.05) is 0 Å². The minimum Gasteiger partial charge on any atom is -0.291 e. The van der Waals surface area contributed by atoms with Crippen LogP contribution in [-0.2, 0) is 0 Å². The molecule has 2 aliphatic heterocycles. The summed E-state index contributed by atoms with van der Waals surface area (Å²) >= 11 is 0. The first kappa shape index (κ1) is 11.4. The summed E-state index contributed by atoms with van der Waals surface area (Å²) in [7, 11) is -0.787. The first-order valence-electron chi connectivity index (χ1n) is 6.43. The van der Waals surface area contributed by atoms with Crippen molar-refractivity contribution >= 4 is 8.80 Å². The lowest BCUT2D eigenvalue weighted by atomic mass is 10.4. The number of rotatable bonds is 4. The van der Waals surface area contributed by atoms with Gasteiger partial charge in [0.05, 0.1) is 14.6 Å².